The molecule has 37 heavy (non-hydrogen) atoms. The first-order valence-corrected chi connectivity index (χ1v) is 11.0. The molecule has 15 nitrogen and oxygen atoms in total. The number of primary amides is 2. The van der Waals surface area contributed by atoms with E-state index in [0.717, 1.165) is 5.56 Å². The lowest BCUT2D eigenvalue weighted by Gasteiger charge is -2.24. The highest BCUT2D eigenvalue weighted by Crippen LogP contribution is 2.05. The second-order valence-electron chi connectivity index (χ2n) is 8.09. The molecule has 1 rings (SSSR count). The maximum atomic E-state index is 12.8. The van der Waals surface area contributed by atoms with Crippen molar-refractivity contribution in [1.29, 1.82) is 0 Å². The van der Waals surface area contributed by atoms with E-state index in [4.69, 9.17) is 17.2 Å². The smallest absolute Gasteiger partial charge is 0.326 e. The number of nitrogens with one attached hydrogen (secondary N) is 3. The van der Waals surface area contributed by atoms with Crippen molar-refractivity contribution in [2.75, 3.05) is 0 Å². The monoisotopic (exact) mass is 522 g/mol. The Labute approximate surface area is 211 Å². The van der Waals surface area contributed by atoms with Gasteiger partial charge in [-0.05, 0) is 18.4 Å². The normalized spacial score (nSPS) is 13.8. The first-order chi connectivity index (χ1) is 17.3. The maximum absolute atomic E-state index is 12.8. The fourth-order valence-electron chi connectivity index (χ4n) is 3.12. The first-order valence-electron chi connectivity index (χ1n) is 11.0. The number of carbonyl (C=O) groups is 7. The molecule has 15 heteroatoms. The first kappa shape index (κ1) is 30.5. The van der Waals surface area contributed by atoms with E-state index in [-0.39, 0.29) is 6.42 Å². The number of carboxylic acid groups (broad SMARTS) is 2. The van der Waals surface area contributed by atoms with Crippen molar-refractivity contribution in [1.82, 2.24) is 16.0 Å². The van der Waals surface area contributed by atoms with Crippen LogP contribution >= 0.6 is 0 Å². The van der Waals surface area contributed by atoms with E-state index in [1.807, 2.05) is 5.32 Å². The summed E-state index contributed by atoms with van der Waals surface area (Å²) >= 11 is 0. The molecule has 4 atom stereocenters. The summed E-state index contributed by atoms with van der Waals surface area (Å²) in [5.41, 5.74) is 16.7. The molecule has 0 bridgehead atoms. The van der Waals surface area contributed by atoms with Crippen LogP contribution in [-0.2, 0) is 40.0 Å². The van der Waals surface area contributed by atoms with Crippen molar-refractivity contribution in [3.63, 3.8) is 0 Å². The molecule has 11 N–H and O–H groups in total. The minimum Gasteiger partial charge on any atom is -0.481 e. The summed E-state index contributed by atoms with van der Waals surface area (Å²) in [5.74, 6) is -7.98. The molecule has 0 spiro atoms. The molecule has 0 heterocycles. The van der Waals surface area contributed by atoms with Crippen molar-refractivity contribution in [3.05, 3.63) is 35.9 Å². The van der Waals surface area contributed by atoms with E-state index in [9.17, 15) is 43.8 Å². The van der Waals surface area contributed by atoms with Gasteiger partial charge in [0, 0.05) is 6.42 Å². The van der Waals surface area contributed by atoms with Crippen LogP contribution in [0, 0.1) is 0 Å². The van der Waals surface area contributed by atoms with Crippen molar-refractivity contribution < 1.29 is 43.8 Å². The standard InChI is InChI=1S/C22H30N6O9/c23-12(8-11-4-2-1-3-5-11)19(33)27-14(10-18(31)32)21(35)26-13(6-7-16(24)29)20(34)28-15(22(36)37)9-17(25)30/h1-5,12-15H,6-10,23H2,(H2,24,29)(H2,25,30)(H,26,35)(H,27,33)(H,28,34)(H,31,32)(H,36,37). The Morgan fingerprint density at radius 2 is 1.27 bits per heavy atom. The number of carboxylic acids is 2. The molecule has 5 amide bonds. The van der Waals surface area contributed by atoms with Gasteiger partial charge in [-0.3, -0.25) is 28.8 Å². The van der Waals surface area contributed by atoms with E-state index >= 15 is 0 Å². The molecule has 202 valence electrons. The molecule has 1 aromatic carbocycles. The number of carbonyl (C=O) groups excluding carboxylic acids is 5. The highest BCUT2D eigenvalue weighted by Gasteiger charge is 2.32. The average Bonchev–Trinajstić information content (AvgIpc) is 2.80. The number of aliphatic carboxylic acids is 2. The zero-order valence-corrected chi connectivity index (χ0v) is 19.7. The number of nitrogens with two attached hydrogens (primary N) is 3. The minimum absolute atomic E-state index is 0.0914. The number of hydrogen-bond acceptors (Lipinski definition) is 8. The van der Waals surface area contributed by atoms with Crippen molar-refractivity contribution in [2.45, 2.75) is 56.3 Å². The lowest BCUT2D eigenvalue weighted by molar-refractivity contribution is -0.144. The van der Waals surface area contributed by atoms with Crippen LogP contribution in [0.5, 0.6) is 0 Å². The van der Waals surface area contributed by atoms with Gasteiger partial charge in [-0.2, -0.15) is 0 Å². The zero-order chi connectivity index (χ0) is 28.1. The van der Waals surface area contributed by atoms with Gasteiger partial charge in [-0.1, -0.05) is 30.3 Å². The van der Waals surface area contributed by atoms with E-state index in [0.29, 0.717) is 0 Å². The SMILES string of the molecule is NC(=O)CCC(NC(=O)C(CC(=O)O)NC(=O)C(N)Cc1ccccc1)C(=O)NC(CC(N)=O)C(=O)O. The molecule has 0 aromatic heterocycles. The van der Waals surface area contributed by atoms with Crippen molar-refractivity contribution in [2.24, 2.45) is 17.2 Å². The van der Waals surface area contributed by atoms with Gasteiger partial charge < -0.3 is 43.4 Å². The van der Waals surface area contributed by atoms with Gasteiger partial charge in [-0.15, -0.1) is 0 Å². The zero-order valence-electron chi connectivity index (χ0n) is 19.7. The molecule has 4 unspecified atom stereocenters. The van der Waals surface area contributed by atoms with E-state index < -0.39 is 91.3 Å². The van der Waals surface area contributed by atoms with Gasteiger partial charge in [0.25, 0.3) is 0 Å². The molecule has 0 fully saturated rings. The van der Waals surface area contributed by atoms with Crippen LogP contribution in [0.3, 0.4) is 0 Å². The lowest BCUT2D eigenvalue weighted by Crippen LogP contribution is -2.58. The molecule has 0 saturated carbocycles. The van der Waals surface area contributed by atoms with Crippen LogP contribution in [0.4, 0.5) is 0 Å². The van der Waals surface area contributed by atoms with Crippen LogP contribution in [0.1, 0.15) is 31.2 Å². The third kappa shape index (κ3) is 11.6. The quantitative estimate of drug-likeness (QED) is 0.107. The Morgan fingerprint density at radius 1 is 0.730 bits per heavy atom. The largest absolute Gasteiger partial charge is 0.481 e. The summed E-state index contributed by atoms with van der Waals surface area (Å²) in [6, 6.07) is 2.57. The fraction of sp³-hybridized carbons (Fsp3) is 0.409. The summed E-state index contributed by atoms with van der Waals surface area (Å²) in [5, 5.41) is 24.8. The van der Waals surface area contributed by atoms with E-state index in [1.54, 1.807) is 30.3 Å². The summed E-state index contributed by atoms with van der Waals surface area (Å²) in [6.07, 6.45) is -2.34. The highest BCUT2D eigenvalue weighted by molar-refractivity contribution is 5.96. The molecular formula is C22H30N6O9. The van der Waals surface area contributed by atoms with Gasteiger partial charge in [0.15, 0.2) is 0 Å². The maximum Gasteiger partial charge on any atom is 0.326 e. The summed E-state index contributed by atoms with van der Waals surface area (Å²) in [6.45, 7) is 0. The van der Waals surface area contributed by atoms with Crippen LogP contribution in [0.15, 0.2) is 30.3 Å². The van der Waals surface area contributed by atoms with E-state index in [1.165, 1.54) is 0 Å². The van der Waals surface area contributed by atoms with Gasteiger partial charge in [0.05, 0.1) is 18.9 Å². The summed E-state index contributed by atoms with van der Waals surface area (Å²) in [7, 11) is 0. The van der Waals surface area contributed by atoms with Crippen LogP contribution in [0.2, 0.25) is 0 Å². The molecular weight excluding hydrogens is 492 g/mol. The van der Waals surface area contributed by atoms with Gasteiger partial charge in [-0.25, -0.2) is 4.79 Å². The minimum atomic E-state index is -1.73. The predicted molar refractivity (Wildman–Crippen MR) is 126 cm³/mol. The molecule has 0 aliphatic heterocycles. The molecule has 0 radical (unpaired) electrons. The van der Waals surface area contributed by atoms with E-state index in [2.05, 4.69) is 10.6 Å². The average molecular weight is 523 g/mol. The van der Waals surface area contributed by atoms with Crippen LogP contribution < -0.4 is 33.2 Å². The molecule has 0 saturated heterocycles. The molecule has 1 aromatic rings. The third-order valence-electron chi connectivity index (χ3n) is 4.98. The van der Waals surface area contributed by atoms with Crippen molar-refractivity contribution >= 4 is 41.5 Å². The Bertz CT molecular complexity index is 1020. The van der Waals surface area contributed by atoms with Gasteiger partial charge >= 0.3 is 11.9 Å². The molecule has 0 aliphatic carbocycles. The second-order valence-corrected chi connectivity index (χ2v) is 8.09. The Hall–Kier alpha value is -4.53. The van der Waals surface area contributed by atoms with Gasteiger partial charge in [0.1, 0.15) is 18.1 Å². The number of amides is 5. The predicted octanol–water partition coefficient (Wildman–Crippen LogP) is -3.29. The summed E-state index contributed by atoms with van der Waals surface area (Å²) in [4.78, 5) is 83.0. The number of rotatable bonds is 16. The Morgan fingerprint density at radius 3 is 1.78 bits per heavy atom. The Kier molecular flexibility index (Phi) is 12.2. The lowest BCUT2D eigenvalue weighted by atomic mass is 10.0. The Balaban J connectivity index is 3.01. The van der Waals surface area contributed by atoms with Crippen LogP contribution in [-0.4, -0.2) is 75.9 Å². The topological polar surface area (TPSA) is 274 Å². The second kappa shape index (κ2) is 14.8. The van der Waals surface area contributed by atoms with Crippen molar-refractivity contribution in [3.8, 4) is 0 Å². The fourth-order valence-corrected chi connectivity index (χ4v) is 3.12. The summed E-state index contributed by atoms with van der Waals surface area (Å²) < 4.78 is 0. The van der Waals surface area contributed by atoms with Crippen LogP contribution in [0.25, 0.3) is 0 Å². The number of benzene rings is 1. The highest BCUT2D eigenvalue weighted by atomic mass is 16.4. The number of hydrogen-bond donors (Lipinski definition) is 8. The van der Waals surface area contributed by atoms with Gasteiger partial charge in [0.2, 0.25) is 29.5 Å². The third-order valence-corrected chi connectivity index (χ3v) is 4.98. The molecule has 0 aliphatic rings.